The number of aromatic nitrogens is 2. The summed E-state index contributed by atoms with van der Waals surface area (Å²) in [5, 5.41) is 17.5. The van der Waals surface area contributed by atoms with E-state index in [1.165, 1.54) is 17.7 Å². The van der Waals surface area contributed by atoms with E-state index in [0.717, 1.165) is 24.2 Å². The highest BCUT2D eigenvalue weighted by Crippen LogP contribution is 2.14. The van der Waals surface area contributed by atoms with Crippen LogP contribution < -0.4 is 10.6 Å². The maximum Gasteiger partial charge on any atom is 0.269 e. The van der Waals surface area contributed by atoms with Crippen LogP contribution >= 0.6 is 0 Å². The summed E-state index contributed by atoms with van der Waals surface area (Å²) in [4.78, 5) is 27.5. The SMILES string of the molecule is CC[C@H](C)[C@@H](CNCc1ccccc1)NC(=O)Cc1cncn1Cc1ccc([N+](=O)[O-])cc1. The molecular weight excluding hydrogens is 418 g/mol. The van der Waals surface area contributed by atoms with Gasteiger partial charge in [-0.3, -0.25) is 14.9 Å². The second kappa shape index (κ2) is 11.9. The Morgan fingerprint density at radius 3 is 2.52 bits per heavy atom. The first kappa shape index (κ1) is 24.1. The van der Waals surface area contributed by atoms with Gasteiger partial charge in [0.2, 0.25) is 5.91 Å². The number of nitro benzene ring substituents is 1. The Kier molecular flexibility index (Phi) is 8.71. The fourth-order valence-corrected chi connectivity index (χ4v) is 3.63. The van der Waals surface area contributed by atoms with E-state index in [1.807, 2.05) is 22.8 Å². The molecule has 0 saturated carbocycles. The fraction of sp³-hybridized carbons (Fsp3) is 0.360. The molecule has 1 aromatic heterocycles. The number of nitrogens with zero attached hydrogens (tertiary/aromatic N) is 3. The van der Waals surface area contributed by atoms with Gasteiger partial charge in [0.15, 0.2) is 0 Å². The highest BCUT2D eigenvalue weighted by molar-refractivity contribution is 5.78. The van der Waals surface area contributed by atoms with E-state index < -0.39 is 4.92 Å². The molecule has 3 aromatic rings. The Balaban J connectivity index is 1.56. The molecule has 0 fully saturated rings. The van der Waals surface area contributed by atoms with Crippen molar-refractivity contribution in [2.45, 2.75) is 45.8 Å². The van der Waals surface area contributed by atoms with Gasteiger partial charge in [-0.2, -0.15) is 0 Å². The summed E-state index contributed by atoms with van der Waals surface area (Å²) < 4.78 is 1.90. The van der Waals surface area contributed by atoms with Gasteiger partial charge < -0.3 is 15.2 Å². The molecular formula is C25H31N5O3. The van der Waals surface area contributed by atoms with Crippen molar-refractivity contribution in [3.05, 3.63) is 94.1 Å². The molecule has 0 unspecified atom stereocenters. The van der Waals surface area contributed by atoms with Gasteiger partial charge >= 0.3 is 0 Å². The molecule has 2 atom stereocenters. The molecule has 174 valence electrons. The molecule has 0 radical (unpaired) electrons. The molecule has 0 aliphatic rings. The third-order valence-electron chi connectivity index (χ3n) is 5.85. The molecule has 0 aliphatic carbocycles. The quantitative estimate of drug-likeness (QED) is 0.324. The molecule has 0 spiro atoms. The minimum atomic E-state index is -0.417. The summed E-state index contributed by atoms with van der Waals surface area (Å²) >= 11 is 0. The number of carbonyl (C=O) groups excluding carboxylic acids is 1. The van der Waals surface area contributed by atoms with Gasteiger partial charge in [-0.25, -0.2) is 4.98 Å². The van der Waals surface area contributed by atoms with E-state index in [0.29, 0.717) is 19.0 Å². The number of nitro groups is 1. The predicted molar refractivity (Wildman–Crippen MR) is 128 cm³/mol. The fourth-order valence-electron chi connectivity index (χ4n) is 3.63. The van der Waals surface area contributed by atoms with Crippen LogP contribution in [0.4, 0.5) is 5.69 Å². The molecule has 8 heteroatoms. The van der Waals surface area contributed by atoms with Gasteiger partial charge in [0, 0.05) is 49.7 Å². The van der Waals surface area contributed by atoms with Crippen molar-refractivity contribution in [2.24, 2.45) is 5.92 Å². The zero-order chi connectivity index (χ0) is 23.6. The molecule has 2 aromatic carbocycles. The van der Waals surface area contributed by atoms with Crippen LogP contribution in [0.2, 0.25) is 0 Å². The number of rotatable bonds is 12. The number of non-ortho nitro benzene ring substituents is 1. The van der Waals surface area contributed by atoms with Crippen LogP contribution in [0.15, 0.2) is 67.1 Å². The molecule has 0 bridgehead atoms. The van der Waals surface area contributed by atoms with Gasteiger partial charge in [0.1, 0.15) is 0 Å². The van der Waals surface area contributed by atoms with Crippen LogP contribution in [0.25, 0.3) is 0 Å². The summed E-state index contributed by atoms with van der Waals surface area (Å²) in [5.74, 6) is 0.287. The smallest absolute Gasteiger partial charge is 0.269 e. The average molecular weight is 450 g/mol. The minimum Gasteiger partial charge on any atom is -0.351 e. The lowest BCUT2D eigenvalue weighted by Gasteiger charge is -2.25. The van der Waals surface area contributed by atoms with E-state index in [4.69, 9.17) is 0 Å². The molecule has 8 nitrogen and oxygen atoms in total. The van der Waals surface area contributed by atoms with Gasteiger partial charge in [-0.15, -0.1) is 0 Å². The van der Waals surface area contributed by atoms with E-state index in [1.54, 1.807) is 24.7 Å². The Morgan fingerprint density at radius 2 is 1.85 bits per heavy atom. The maximum absolute atomic E-state index is 12.8. The van der Waals surface area contributed by atoms with Crippen molar-refractivity contribution in [3.8, 4) is 0 Å². The third kappa shape index (κ3) is 7.25. The first-order chi connectivity index (χ1) is 16.0. The molecule has 1 amide bonds. The van der Waals surface area contributed by atoms with Crippen molar-refractivity contribution >= 4 is 11.6 Å². The number of imidazole rings is 1. The largest absolute Gasteiger partial charge is 0.351 e. The van der Waals surface area contributed by atoms with Crippen molar-refractivity contribution in [1.29, 1.82) is 0 Å². The van der Waals surface area contributed by atoms with E-state index >= 15 is 0 Å². The zero-order valence-electron chi connectivity index (χ0n) is 19.1. The minimum absolute atomic E-state index is 0.0252. The molecule has 2 N–H and O–H groups in total. The topological polar surface area (TPSA) is 102 Å². The Labute approximate surface area is 194 Å². The lowest BCUT2D eigenvalue weighted by Crippen LogP contribution is -2.46. The first-order valence-electron chi connectivity index (χ1n) is 11.2. The van der Waals surface area contributed by atoms with Gasteiger partial charge in [0.25, 0.3) is 5.69 Å². The molecule has 1 heterocycles. The molecule has 33 heavy (non-hydrogen) atoms. The monoisotopic (exact) mass is 449 g/mol. The zero-order valence-corrected chi connectivity index (χ0v) is 19.1. The number of amides is 1. The molecule has 0 saturated heterocycles. The normalized spacial score (nSPS) is 12.8. The number of hydrogen-bond acceptors (Lipinski definition) is 5. The van der Waals surface area contributed by atoms with Crippen LogP contribution in [0.1, 0.15) is 37.1 Å². The van der Waals surface area contributed by atoms with Crippen LogP contribution in [-0.4, -0.2) is 33.0 Å². The average Bonchev–Trinajstić information content (AvgIpc) is 3.25. The van der Waals surface area contributed by atoms with Crippen molar-refractivity contribution in [2.75, 3.05) is 6.54 Å². The highest BCUT2D eigenvalue weighted by atomic mass is 16.6. The summed E-state index contributed by atoms with van der Waals surface area (Å²) in [6.07, 6.45) is 4.56. The van der Waals surface area contributed by atoms with E-state index in [2.05, 4.69) is 41.6 Å². The molecule has 3 rings (SSSR count). The van der Waals surface area contributed by atoms with E-state index in [-0.39, 0.29) is 24.1 Å². The number of hydrogen-bond donors (Lipinski definition) is 2. The van der Waals surface area contributed by atoms with Crippen LogP contribution in [0.5, 0.6) is 0 Å². The van der Waals surface area contributed by atoms with Crippen LogP contribution in [0.3, 0.4) is 0 Å². The number of benzene rings is 2. The van der Waals surface area contributed by atoms with Gasteiger partial charge in [-0.1, -0.05) is 62.7 Å². The van der Waals surface area contributed by atoms with Gasteiger partial charge in [-0.05, 0) is 17.0 Å². The summed E-state index contributed by atoms with van der Waals surface area (Å²) in [5.41, 5.74) is 2.97. The summed E-state index contributed by atoms with van der Waals surface area (Å²) in [6, 6.07) is 16.6. The Hall–Kier alpha value is -3.52. The number of nitrogens with one attached hydrogen (secondary N) is 2. The maximum atomic E-state index is 12.8. The van der Waals surface area contributed by atoms with Crippen molar-refractivity contribution in [3.63, 3.8) is 0 Å². The summed E-state index contributed by atoms with van der Waals surface area (Å²) in [7, 11) is 0. The predicted octanol–water partition coefficient (Wildman–Crippen LogP) is 3.70. The first-order valence-corrected chi connectivity index (χ1v) is 11.2. The number of carbonyl (C=O) groups is 1. The standard InChI is InChI=1S/C25H31N5O3/c1-3-19(2)24(16-26-14-20-7-5-4-6-8-20)28-25(31)13-23-15-27-18-29(23)17-21-9-11-22(12-10-21)30(32)33/h4-12,15,18-19,24,26H,3,13-14,16-17H2,1-2H3,(H,28,31)/t19-,24+/m0/s1. The highest BCUT2D eigenvalue weighted by Gasteiger charge is 2.19. The Bertz CT molecular complexity index is 1030. The van der Waals surface area contributed by atoms with E-state index in [9.17, 15) is 14.9 Å². The lowest BCUT2D eigenvalue weighted by atomic mass is 9.98. The van der Waals surface area contributed by atoms with Gasteiger partial charge in [0.05, 0.1) is 17.7 Å². The van der Waals surface area contributed by atoms with Crippen LogP contribution in [0, 0.1) is 16.0 Å². The lowest BCUT2D eigenvalue weighted by molar-refractivity contribution is -0.384. The Morgan fingerprint density at radius 1 is 1.12 bits per heavy atom. The van der Waals surface area contributed by atoms with Crippen molar-refractivity contribution in [1.82, 2.24) is 20.2 Å². The second-order valence-corrected chi connectivity index (χ2v) is 8.29. The molecule has 0 aliphatic heterocycles. The van der Waals surface area contributed by atoms with Crippen molar-refractivity contribution < 1.29 is 9.72 Å². The second-order valence-electron chi connectivity index (χ2n) is 8.29. The third-order valence-corrected chi connectivity index (χ3v) is 5.85. The summed E-state index contributed by atoms with van der Waals surface area (Å²) in [6.45, 7) is 6.21. The van der Waals surface area contributed by atoms with Crippen LogP contribution in [-0.2, 0) is 24.3 Å².